The molecule has 0 amide bonds. The molecule has 7 heterocycles. The van der Waals surface area contributed by atoms with Crippen LogP contribution in [-0.2, 0) is 39.4 Å². The van der Waals surface area contributed by atoms with Crippen molar-refractivity contribution in [1.29, 1.82) is 0 Å². The van der Waals surface area contributed by atoms with Gasteiger partial charge in [0.1, 0.15) is 42.7 Å². The van der Waals surface area contributed by atoms with Crippen LogP contribution in [0.2, 0.25) is 0 Å². The van der Waals surface area contributed by atoms with Crippen LogP contribution in [0.1, 0.15) is 37.0 Å². The molecule has 1 aromatic carbocycles. The molecule has 8 N–H and O–H groups in total. The van der Waals surface area contributed by atoms with Crippen molar-refractivity contribution in [1.82, 2.24) is 33.7 Å². The van der Waals surface area contributed by atoms with E-state index in [-0.39, 0.29) is 29.3 Å². The number of imidazole rings is 1. The fourth-order valence-electron chi connectivity index (χ4n) is 7.18. The number of nitrogens with one attached hydrogen (secondary N) is 2. The first-order valence-corrected chi connectivity index (χ1v) is 20.6. The molecule has 0 aliphatic carbocycles. The zero-order valence-electron chi connectivity index (χ0n) is 28.0. The van der Waals surface area contributed by atoms with Gasteiger partial charge >= 0.3 is 12.4 Å². The molecule has 4 aromatic rings. The molecule has 290 valence electrons. The van der Waals surface area contributed by atoms with Crippen LogP contribution in [0, 0.1) is 0 Å². The van der Waals surface area contributed by atoms with Crippen LogP contribution in [-0.4, -0.2) is 116 Å². The second-order valence-electron chi connectivity index (χ2n) is 13.0. The molecule has 4 aliphatic heterocycles. The summed E-state index contributed by atoms with van der Waals surface area (Å²) >= 11 is 5.32. The van der Waals surface area contributed by atoms with Gasteiger partial charge in [-0.25, -0.2) is 14.4 Å². The highest BCUT2D eigenvalue weighted by molar-refractivity contribution is 8.07. The lowest BCUT2D eigenvalue weighted by atomic mass is 10.0. The first-order valence-electron chi connectivity index (χ1n) is 16.8. The average Bonchev–Trinajstić information content (AvgIpc) is 3.96. The molecule has 4 fully saturated rings. The summed E-state index contributed by atoms with van der Waals surface area (Å²) in [4.78, 5) is 60.6. The van der Waals surface area contributed by atoms with Gasteiger partial charge in [-0.1, -0.05) is 30.3 Å². The van der Waals surface area contributed by atoms with E-state index in [2.05, 4.69) is 24.6 Å². The molecule has 0 radical (unpaired) electrons. The molecule has 4 saturated heterocycles. The minimum atomic E-state index is -4.31. The first kappa shape index (κ1) is 37.6. The van der Waals surface area contributed by atoms with Gasteiger partial charge in [0.25, 0.3) is 19.6 Å². The van der Waals surface area contributed by atoms with Gasteiger partial charge in [0.05, 0.1) is 19.5 Å². The molecule has 12 atom stereocenters. The molecule has 0 spiro atoms. The number of hydrogen-bond acceptors (Lipinski definition) is 17. The number of nitrogen functional groups attached to an aromatic ring is 1. The molecule has 21 nitrogen and oxygen atoms in total. The van der Waals surface area contributed by atoms with E-state index in [0.29, 0.717) is 6.54 Å². The highest BCUT2D eigenvalue weighted by atomic mass is 32.5. The number of anilines is 1. The van der Waals surface area contributed by atoms with Crippen molar-refractivity contribution in [3.8, 4) is 0 Å². The van der Waals surface area contributed by atoms with Gasteiger partial charge in [-0.2, -0.15) is 4.98 Å². The second kappa shape index (κ2) is 15.0. The van der Waals surface area contributed by atoms with Crippen LogP contribution in [0.5, 0.6) is 0 Å². The van der Waals surface area contributed by atoms with Gasteiger partial charge in [0.15, 0.2) is 23.6 Å². The standard InChI is InChI=1S/C30H36N8O13P2S/c31-29-34-25-19(26(43)35-29)32-13-37(25)28-21(42)24(16(11-39)47-28)51-53(45,54)46-12-17-23(20(41)27(48-17)36-10-8-18(40)33-30(36)44)50-52-38-9-4-7-15(38)22(49-52)14-5-2-1-3-6-14/h1-3,5-6,8,10,13,15-17,20-24,27-28,39,41-42H,4,7,9,11-12H2,(H,45,54)(H,33,40,44)(H3,31,34,35,43)/t15-,16+,17+,20+,21+,22+,23+,24+,27+,28+,52?,53?/m0/s1. The van der Waals surface area contributed by atoms with Crippen molar-refractivity contribution in [2.75, 3.05) is 25.5 Å². The normalized spacial score (nSPS) is 33.7. The minimum Gasteiger partial charge on any atom is -0.394 e. The monoisotopic (exact) mass is 810 g/mol. The molecular weight excluding hydrogens is 774 g/mol. The van der Waals surface area contributed by atoms with Crippen LogP contribution in [0.4, 0.5) is 5.95 Å². The van der Waals surface area contributed by atoms with E-state index in [4.69, 9.17) is 45.1 Å². The van der Waals surface area contributed by atoms with Crippen molar-refractivity contribution >= 4 is 44.2 Å². The third-order valence-electron chi connectivity index (χ3n) is 9.68. The Labute approximate surface area is 310 Å². The van der Waals surface area contributed by atoms with Crippen molar-refractivity contribution in [2.24, 2.45) is 0 Å². The van der Waals surface area contributed by atoms with Crippen LogP contribution in [0.25, 0.3) is 11.2 Å². The summed E-state index contributed by atoms with van der Waals surface area (Å²) in [5.74, 6) is -0.210. The highest BCUT2D eigenvalue weighted by Crippen LogP contribution is 2.62. The number of H-pyrrole nitrogens is 2. The lowest BCUT2D eigenvalue weighted by Crippen LogP contribution is -2.39. The fourth-order valence-corrected chi connectivity index (χ4v) is 10.6. The molecule has 8 rings (SSSR count). The van der Waals surface area contributed by atoms with Gasteiger partial charge in [-0.05, 0) is 30.2 Å². The lowest BCUT2D eigenvalue weighted by Gasteiger charge is -2.28. The van der Waals surface area contributed by atoms with Gasteiger partial charge in [-0.15, -0.1) is 0 Å². The summed E-state index contributed by atoms with van der Waals surface area (Å²) in [6.45, 7) is -4.83. The summed E-state index contributed by atoms with van der Waals surface area (Å²) in [5, 5.41) is 33.0. The molecule has 3 aromatic heterocycles. The van der Waals surface area contributed by atoms with Gasteiger partial charge in [-0.3, -0.25) is 33.2 Å². The quantitative estimate of drug-likeness (QED) is 0.0916. The average molecular weight is 811 g/mol. The Kier molecular flexibility index (Phi) is 10.4. The van der Waals surface area contributed by atoms with Crippen LogP contribution < -0.4 is 22.5 Å². The number of benzene rings is 1. The van der Waals surface area contributed by atoms with E-state index in [0.717, 1.165) is 29.0 Å². The maximum Gasteiger partial charge on any atom is 0.330 e. The largest absolute Gasteiger partial charge is 0.394 e. The Morgan fingerprint density at radius 1 is 1.04 bits per heavy atom. The fraction of sp³-hybridized carbons (Fsp3) is 0.500. The summed E-state index contributed by atoms with van der Waals surface area (Å²) in [6, 6.07) is 10.8. The van der Waals surface area contributed by atoms with E-state index < -0.39 is 94.3 Å². The number of aromatic amines is 2. The van der Waals surface area contributed by atoms with Crippen molar-refractivity contribution < 1.29 is 47.8 Å². The summed E-state index contributed by atoms with van der Waals surface area (Å²) in [6.07, 6.45) is -6.95. The topological polar surface area (TPSA) is 284 Å². The maximum absolute atomic E-state index is 12.8. The Balaban J connectivity index is 1.01. The van der Waals surface area contributed by atoms with E-state index >= 15 is 0 Å². The second-order valence-corrected chi connectivity index (χ2v) is 17.2. The highest BCUT2D eigenvalue weighted by Gasteiger charge is 2.54. The zero-order chi connectivity index (χ0) is 37.9. The molecule has 24 heteroatoms. The number of nitrogens with two attached hydrogens (primary N) is 1. The van der Waals surface area contributed by atoms with Crippen molar-refractivity contribution in [3.05, 3.63) is 85.7 Å². The van der Waals surface area contributed by atoms with E-state index in [1.807, 2.05) is 30.3 Å². The Hall–Kier alpha value is -3.31. The predicted octanol–water partition coefficient (Wildman–Crippen LogP) is -0.772. The van der Waals surface area contributed by atoms with E-state index in [9.17, 15) is 34.6 Å². The van der Waals surface area contributed by atoms with Crippen LogP contribution in [0.15, 0.2) is 63.3 Å². The maximum atomic E-state index is 12.8. The minimum absolute atomic E-state index is 0.0142. The molecule has 4 aliphatic rings. The van der Waals surface area contributed by atoms with Crippen LogP contribution >= 0.6 is 15.2 Å². The SMILES string of the molecule is Nc1nc2c(ncn2[C@@H]2O[C@H](CO)[C@@H](OP(O)(=S)OC[C@H]3O[C@@H](n4ccc(=O)[nH]c4=O)[C@H](O)[C@@H]3OP3O[C@H](c4ccccc4)[C@@H]4CCCN43)[C@H]2O)c(=O)[nH]1. The van der Waals surface area contributed by atoms with Gasteiger partial charge in [0, 0.05) is 24.8 Å². The lowest BCUT2D eigenvalue weighted by molar-refractivity contribution is -0.0570. The Morgan fingerprint density at radius 3 is 2.54 bits per heavy atom. The molecule has 0 bridgehead atoms. The number of fused-ring (bicyclic) bond motifs is 2. The van der Waals surface area contributed by atoms with Crippen molar-refractivity contribution in [2.45, 2.75) is 74.1 Å². The summed E-state index contributed by atoms with van der Waals surface area (Å²) < 4.78 is 40.6. The third-order valence-corrected chi connectivity index (χ3v) is 13.0. The molecular formula is C30H36N8O13P2S. The number of aliphatic hydroxyl groups is 3. The third kappa shape index (κ3) is 7.01. The smallest absolute Gasteiger partial charge is 0.330 e. The zero-order valence-corrected chi connectivity index (χ0v) is 30.6. The number of nitrogens with zero attached hydrogens (tertiary/aromatic N) is 5. The Bertz CT molecular complexity index is 2230. The molecule has 2 unspecified atom stereocenters. The number of rotatable bonds is 11. The molecule has 0 saturated carbocycles. The Morgan fingerprint density at radius 2 is 1.78 bits per heavy atom. The van der Waals surface area contributed by atoms with E-state index in [1.165, 1.54) is 17.1 Å². The number of ether oxygens (including phenoxy) is 2. The molecule has 54 heavy (non-hydrogen) atoms. The first-order chi connectivity index (χ1) is 25.9. The van der Waals surface area contributed by atoms with Gasteiger partial charge < -0.3 is 49.0 Å². The predicted molar refractivity (Wildman–Crippen MR) is 190 cm³/mol. The summed E-state index contributed by atoms with van der Waals surface area (Å²) in [5.41, 5.74) is 4.45. The van der Waals surface area contributed by atoms with Gasteiger partial charge in [0.2, 0.25) is 5.95 Å². The van der Waals surface area contributed by atoms with Crippen LogP contribution in [0.3, 0.4) is 0 Å². The summed E-state index contributed by atoms with van der Waals surface area (Å²) in [7, 11) is -1.76. The van der Waals surface area contributed by atoms with Crippen molar-refractivity contribution in [3.63, 3.8) is 0 Å². The van der Waals surface area contributed by atoms with E-state index in [1.54, 1.807) is 0 Å². The number of hydrogen-bond donors (Lipinski definition) is 7. The number of aromatic nitrogens is 6. The number of aliphatic hydroxyl groups excluding tert-OH is 3.